The second kappa shape index (κ2) is 15.1. The van der Waals surface area contributed by atoms with E-state index in [1.165, 1.54) is 42.4 Å². The van der Waals surface area contributed by atoms with E-state index in [-0.39, 0.29) is 12.1 Å². The van der Waals surface area contributed by atoms with Crippen LogP contribution >= 0.6 is 0 Å². The van der Waals surface area contributed by atoms with Crippen LogP contribution in [0, 0.1) is 0 Å². The van der Waals surface area contributed by atoms with E-state index in [4.69, 9.17) is 9.47 Å². The number of carbonyl (C=O) groups is 1. The van der Waals surface area contributed by atoms with Crippen molar-refractivity contribution in [1.82, 2.24) is 0 Å². The van der Waals surface area contributed by atoms with Crippen molar-refractivity contribution in [3.05, 3.63) is 78.4 Å². The van der Waals surface area contributed by atoms with Gasteiger partial charge in [0.25, 0.3) is 0 Å². The average Bonchev–Trinajstić information content (AvgIpc) is 2.91. The Hall–Kier alpha value is -3.07. The van der Waals surface area contributed by atoms with Crippen LogP contribution < -0.4 is 4.74 Å². The first-order valence-corrected chi connectivity index (χ1v) is 13.7. The first kappa shape index (κ1) is 27.5. The summed E-state index contributed by atoms with van der Waals surface area (Å²) in [4.78, 5) is 12.1. The summed E-state index contributed by atoms with van der Waals surface area (Å²) in [6.45, 7) is 7.09. The molecule has 3 nitrogen and oxygen atoms in total. The first-order valence-electron chi connectivity index (χ1n) is 13.7. The van der Waals surface area contributed by atoms with Gasteiger partial charge in [-0.2, -0.15) is 0 Å². The maximum absolute atomic E-state index is 12.1. The van der Waals surface area contributed by atoms with Crippen LogP contribution in [0.3, 0.4) is 0 Å². The lowest BCUT2D eigenvalue weighted by Gasteiger charge is -2.15. The van der Waals surface area contributed by atoms with Crippen molar-refractivity contribution in [2.45, 2.75) is 84.7 Å². The van der Waals surface area contributed by atoms with Crippen molar-refractivity contribution in [2.75, 3.05) is 6.61 Å². The van der Waals surface area contributed by atoms with Crippen molar-refractivity contribution in [3.8, 4) is 28.0 Å². The van der Waals surface area contributed by atoms with Crippen LogP contribution in [0.15, 0.2) is 72.8 Å². The van der Waals surface area contributed by atoms with Crippen molar-refractivity contribution in [3.63, 3.8) is 0 Å². The molecule has 192 valence electrons. The number of unbranched alkanes of at least 4 members (excludes halogenated alkanes) is 6. The predicted molar refractivity (Wildman–Crippen MR) is 150 cm³/mol. The highest BCUT2D eigenvalue weighted by Gasteiger charge is 2.13. The van der Waals surface area contributed by atoms with Crippen molar-refractivity contribution in [2.24, 2.45) is 0 Å². The maximum Gasteiger partial charge on any atom is 0.306 e. The van der Waals surface area contributed by atoms with E-state index in [1.54, 1.807) is 0 Å². The molecule has 0 saturated carbocycles. The van der Waals surface area contributed by atoms with Crippen LogP contribution in [-0.2, 0) is 9.53 Å². The minimum Gasteiger partial charge on any atom is -0.494 e. The monoisotopic (exact) mass is 486 g/mol. The third kappa shape index (κ3) is 8.55. The van der Waals surface area contributed by atoms with Crippen LogP contribution in [0.25, 0.3) is 22.3 Å². The van der Waals surface area contributed by atoms with Gasteiger partial charge in [0.15, 0.2) is 0 Å². The van der Waals surface area contributed by atoms with Crippen LogP contribution in [0.1, 0.15) is 90.2 Å². The molecule has 3 aromatic carbocycles. The van der Waals surface area contributed by atoms with E-state index in [1.807, 2.05) is 6.92 Å². The van der Waals surface area contributed by atoms with E-state index in [2.05, 4.69) is 86.6 Å². The fraction of sp³-hybridized carbons (Fsp3) is 0.424. The zero-order valence-corrected chi connectivity index (χ0v) is 22.3. The van der Waals surface area contributed by atoms with Crippen LogP contribution in [-0.4, -0.2) is 12.6 Å². The van der Waals surface area contributed by atoms with Gasteiger partial charge < -0.3 is 9.47 Å². The van der Waals surface area contributed by atoms with Gasteiger partial charge in [0.05, 0.1) is 6.61 Å². The highest BCUT2D eigenvalue weighted by molar-refractivity contribution is 5.83. The molecule has 0 spiro atoms. The van der Waals surface area contributed by atoms with Crippen LogP contribution in [0.5, 0.6) is 5.75 Å². The minimum atomic E-state index is -0.248. The van der Waals surface area contributed by atoms with Gasteiger partial charge in [0.1, 0.15) is 11.9 Å². The van der Waals surface area contributed by atoms with Gasteiger partial charge >= 0.3 is 5.97 Å². The molecule has 0 heterocycles. The molecule has 0 radical (unpaired) electrons. The van der Waals surface area contributed by atoms with Gasteiger partial charge in [-0.1, -0.05) is 113 Å². The fourth-order valence-electron chi connectivity index (χ4n) is 4.39. The normalized spacial score (nSPS) is 11.8. The summed E-state index contributed by atoms with van der Waals surface area (Å²) in [7, 11) is 0. The minimum absolute atomic E-state index is 0.116. The van der Waals surface area contributed by atoms with E-state index in [0.29, 0.717) is 6.42 Å². The Morgan fingerprint density at radius 3 is 1.86 bits per heavy atom. The summed E-state index contributed by atoms with van der Waals surface area (Å²) in [5.41, 5.74) is 5.68. The quantitative estimate of drug-likeness (QED) is 0.158. The zero-order valence-electron chi connectivity index (χ0n) is 22.3. The predicted octanol–water partition coefficient (Wildman–Crippen LogP) is 9.55. The molecule has 0 fully saturated rings. The summed E-state index contributed by atoms with van der Waals surface area (Å²) in [6.07, 6.45) is 9.51. The highest BCUT2D eigenvalue weighted by atomic mass is 16.5. The molecule has 0 aliphatic heterocycles. The van der Waals surface area contributed by atoms with Gasteiger partial charge in [-0.15, -0.1) is 0 Å². The third-order valence-electron chi connectivity index (χ3n) is 6.59. The molecule has 3 heteroatoms. The second-order valence-electron chi connectivity index (χ2n) is 9.54. The van der Waals surface area contributed by atoms with E-state index < -0.39 is 0 Å². The van der Waals surface area contributed by atoms with Crippen molar-refractivity contribution >= 4 is 5.97 Å². The average molecular weight is 487 g/mol. The number of hydrogen-bond acceptors (Lipinski definition) is 3. The van der Waals surface area contributed by atoms with E-state index in [9.17, 15) is 4.79 Å². The molecule has 0 aliphatic carbocycles. The maximum atomic E-state index is 12.1. The SMILES string of the molecule is CCCCCCCOc1ccc(-c2ccccc2-c2ccc(C(C)OC(=O)CCCCC)cc2)cc1. The molecular formula is C33H42O3. The Labute approximate surface area is 217 Å². The molecule has 0 amide bonds. The van der Waals surface area contributed by atoms with Crippen molar-refractivity contribution < 1.29 is 14.3 Å². The molecule has 1 unspecified atom stereocenters. The van der Waals surface area contributed by atoms with Gasteiger partial charge in [0.2, 0.25) is 0 Å². The summed E-state index contributed by atoms with van der Waals surface area (Å²) in [5, 5.41) is 0. The first-order chi connectivity index (χ1) is 17.6. The Kier molecular flexibility index (Phi) is 11.6. The Morgan fingerprint density at radius 1 is 0.694 bits per heavy atom. The van der Waals surface area contributed by atoms with Crippen molar-refractivity contribution in [1.29, 1.82) is 0 Å². The molecule has 1 atom stereocenters. The lowest BCUT2D eigenvalue weighted by Crippen LogP contribution is -2.08. The molecule has 3 rings (SSSR count). The largest absolute Gasteiger partial charge is 0.494 e. The molecule has 0 aliphatic rings. The smallest absolute Gasteiger partial charge is 0.306 e. The second-order valence-corrected chi connectivity index (χ2v) is 9.54. The Bertz CT molecular complexity index is 1040. The Balaban J connectivity index is 1.63. The van der Waals surface area contributed by atoms with E-state index >= 15 is 0 Å². The molecular weight excluding hydrogens is 444 g/mol. The number of carbonyl (C=O) groups excluding carboxylic acids is 1. The van der Waals surface area contributed by atoms with Gasteiger partial charge in [-0.05, 0) is 59.7 Å². The lowest BCUT2D eigenvalue weighted by atomic mass is 9.94. The molecule has 36 heavy (non-hydrogen) atoms. The highest BCUT2D eigenvalue weighted by Crippen LogP contribution is 2.33. The number of benzene rings is 3. The summed E-state index contributed by atoms with van der Waals surface area (Å²) >= 11 is 0. The topological polar surface area (TPSA) is 35.5 Å². The molecule has 3 aromatic rings. The fourth-order valence-corrected chi connectivity index (χ4v) is 4.39. The van der Waals surface area contributed by atoms with Gasteiger partial charge in [0, 0.05) is 6.42 Å². The van der Waals surface area contributed by atoms with Gasteiger partial charge in [-0.25, -0.2) is 0 Å². The zero-order chi connectivity index (χ0) is 25.6. The third-order valence-corrected chi connectivity index (χ3v) is 6.59. The molecule has 0 N–H and O–H groups in total. The molecule has 0 aromatic heterocycles. The number of ether oxygens (including phenoxy) is 2. The number of hydrogen-bond donors (Lipinski definition) is 0. The Morgan fingerprint density at radius 2 is 1.25 bits per heavy atom. The number of esters is 1. The van der Waals surface area contributed by atoms with Crippen LogP contribution in [0.2, 0.25) is 0 Å². The standard InChI is InChI=1S/C33H42O3/c1-4-6-8-9-13-25-35-30-23-21-29(22-24-30)32-15-12-11-14-31(32)28-19-17-27(18-20-28)26(3)36-33(34)16-10-7-5-2/h11-12,14-15,17-24,26H,4-10,13,16,25H2,1-3H3. The van der Waals surface area contributed by atoms with Crippen LogP contribution in [0.4, 0.5) is 0 Å². The molecule has 0 bridgehead atoms. The number of rotatable bonds is 15. The summed E-state index contributed by atoms with van der Waals surface area (Å²) < 4.78 is 11.6. The summed E-state index contributed by atoms with van der Waals surface area (Å²) in [6, 6.07) is 25.2. The molecule has 0 saturated heterocycles. The summed E-state index contributed by atoms with van der Waals surface area (Å²) in [5.74, 6) is 0.809. The van der Waals surface area contributed by atoms with Gasteiger partial charge in [-0.3, -0.25) is 4.79 Å². The lowest BCUT2D eigenvalue weighted by molar-refractivity contribution is -0.148. The van der Waals surface area contributed by atoms with E-state index in [0.717, 1.165) is 49.2 Å².